The van der Waals surface area contributed by atoms with Crippen LogP contribution in [-0.2, 0) is 16.2 Å². The molecule has 2 saturated carbocycles. The molecule has 0 aromatic heterocycles. The summed E-state index contributed by atoms with van der Waals surface area (Å²) in [7, 11) is 0. The van der Waals surface area contributed by atoms with Gasteiger partial charge in [0.15, 0.2) is 0 Å². The van der Waals surface area contributed by atoms with Crippen LogP contribution in [0.25, 0.3) is 11.1 Å². The van der Waals surface area contributed by atoms with Crippen molar-refractivity contribution in [2.75, 3.05) is 9.80 Å². The van der Waals surface area contributed by atoms with Crippen molar-refractivity contribution in [2.45, 2.75) is 70.6 Å². The van der Waals surface area contributed by atoms with Crippen molar-refractivity contribution in [3.63, 3.8) is 0 Å². The molecule has 61 heavy (non-hydrogen) atoms. The third-order valence-electron chi connectivity index (χ3n) is 15.0. The maximum Gasteiger partial charge on any atom is 0.0570 e. The average Bonchev–Trinajstić information content (AvgIpc) is 4.16. The van der Waals surface area contributed by atoms with E-state index in [1.165, 1.54) is 68.0 Å². The predicted molar refractivity (Wildman–Crippen MR) is 257 cm³/mol. The third-order valence-corrected chi connectivity index (χ3v) is 15.0. The van der Waals surface area contributed by atoms with Crippen molar-refractivity contribution in [3.8, 4) is 11.1 Å². The maximum absolute atomic E-state index is 4.30. The molecule has 0 saturated heterocycles. The fraction of sp³-hybridized carbons (Fsp3) is 0.254. The van der Waals surface area contributed by atoms with Gasteiger partial charge in [0.2, 0.25) is 0 Å². The van der Waals surface area contributed by atoms with Gasteiger partial charge in [0, 0.05) is 50.9 Å². The number of benzene rings is 5. The summed E-state index contributed by atoms with van der Waals surface area (Å²) in [6.07, 6.45) is 23.1. The zero-order valence-corrected chi connectivity index (χ0v) is 36.5. The lowest BCUT2D eigenvalue weighted by atomic mass is 9.61. The van der Waals surface area contributed by atoms with Crippen molar-refractivity contribution < 1.29 is 0 Å². The molecule has 5 aromatic rings. The van der Waals surface area contributed by atoms with Gasteiger partial charge in [-0.2, -0.15) is 0 Å². The number of para-hydroxylation sites is 2. The number of rotatable bonds is 8. The van der Waals surface area contributed by atoms with Gasteiger partial charge in [-0.15, -0.1) is 0 Å². The van der Waals surface area contributed by atoms with E-state index in [0.717, 1.165) is 23.5 Å². The summed E-state index contributed by atoms with van der Waals surface area (Å²) in [4.78, 5) is 4.92. The SMILES string of the molecule is C=C/C=C(\C=C)N(c1ccccc1)c1ccc2c(c1)C1(c3cc(N(C4=CC=CC5CC45)c4ccccc4)ccc3-2)c2cc(C(C)(C)C)ccc2C23C=CC(C(C)(C)C)=CC21C3. The summed E-state index contributed by atoms with van der Waals surface area (Å²) in [6, 6.07) is 44.1. The second-order valence-electron chi connectivity index (χ2n) is 20.4. The Morgan fingerprint density at radius 2 is 1.36 bits per heavy atom. The van der Waals surface area contributed by atoms with E-state index in [4.69, 9.17) is 0 Å². The van der Waals surface area contributed by atoms with E-state index in [0.29, 0.717) is 11.8 Å². The summed E-state index contributed by atoms with van der Waals surface area (Å²) >= 11 is 0. The third kappa shape index (κ3) is 5.21. The van der Waals surface area contributed by atoms with Crippen LogP contribution in [0, 0.1) is 22.7 Å². The van der Waals surface area contributed by atoms with Crippen LogP contribution >= 0.6 is 0 Å². The molecule has 0 amide bonds. The first-order chi connectivity index (χ1) is 29.4. The highest BCUT2D eigenvalue weighted by Crippen LogP contribution is 2.86. The van der Waals surface area contributed by atoms with Crippen molar-refractivity contribution >= 4 is 22.7 Å². The minimum Gasteiger partial charge on any atom is -0.314 e. The molecule has 0 heterocycles. The molecule has 11 rings (SSSR count). The van der Waals surface area contributed by atoms with Crippen molar-refractivity contribution in [3.05, 3.63) is 228 Å². The maximum atomic E-state index is 4.30. The minimum atomic E-state index is -0.467. The Balaban J connectivity index is 1.24. The van der Waals surface area contributed by atoms with Crippen molar-refractivity contribution in [1.29, 1.82) is 0 Å². The van der Waals surface area contributed by atoms with Crippen molar-refractivity contribution in [2.24, 2.45) is 22.7 Å². The van der Waals surface area contributed by atoms with Gasteiger partial charge in [0.05, 0.1) is 5.41 Å². The lowest BCUT2D eigenvalue weighted by molar-refractivity contribution is 0.412. The second-order valence-corrected chi connectivity index (χ2v) is 20.4. The number of fused-ring (bicyclic) bond motifs is 8. The Bertz CT molecular complexity index is 2830. The summed E-state index contributed by atoms with van der Waals surface area (Å²) in [5, 5.41) is 0. The quantitative estimate of drug-likeness (QED) is 0.144. The van der Waals surface area contributed by atoms with E-state index in [1.54, 1.807) is 0 Å². The number of allylic oxidation sites excluding steroid dienone is 11. The smallest absolute Gasteiger partial charge is 0.0570 e. The van der Waals surface area contributed by atoms with E-state index in [1.807, 2.05) is 12.2 Å². The molecule has 6 aliphatic rings. The van der Waals surface area contributed by atoms with Gasteiger partial charge in [-0.25, -0.2) is 0 Å². The Kier molecular flexibility index (Phi) is 8.03. The summed E-state index contributed by atoms with van der Waals surface area (Å²) < 4.78 is 0. The highest BCUT2D eigenvalue weighted by Gasteiger charge is 2.82. The normalized spacial score (nSPS) is 25.9. The summed E-state index contributed by atoms with van der Waals surface area (Å²) in [5.74, 6) is 1.16. The summed E-state index contributed by atoms with van der Waals surface area (Å²) in [5.41, 5.74) is 17.4. The minimum absolute atomic E-state index is 0.00909. The highest BCUT2D eigenvalue weighted by molar-refractivity contribution is 5.93. The van der Waals surface area contributed by atoms with Crippen LogP contribution in [0.2, 0.25) is 0 Å². The van der Waals surface area contributed by atoms with Gasteiger partial charge in [-0.3, -0.25) is 0 Å². The fourth-order valence-electron chi connectivity index (χ4n) is 11.9. The molecule has 2 fully saturated rings. The largest absolute Gasteiger partial charge is 0.314 e. The van der Waals surface area contributed by atoms with Gasteiger partial charge in [0.1, 0.15) is 0 Å². The van der Waals surface area contributed by atoms with Crippen LogP contribution in [0.4, 0.5) is 22.7 Å². The van der Waals surface area contributed by atoms with Crippen LogP contribution in [0.1, 0.15) is 82.2 Å². The van der Waals surface area contributed by atoms with E-state index in [2.05, 4.69) is 222 Å². The van der Waals surface area contributed by atoms with E-state index < -0.39 is 5.41 Å². The number of nitrogens with zero attached hydrogens (tertiary/aromatic N) is 2. The zero-order valence-electron chi connectivity index (χ0n) is 36.5. The molecule has 2 heteroatoms. The van der Waals surface area contributed by atoms with Gasteiger partial charge >= 0.3 is 0 Å². The average molecular weight is 793 g/mol. The number of hydrogen-bond donors (Lipinski definition) is 0. The Labute approximate surface area is 363 Å². The Morgan fingerprint density at radius 3 is 2.02 bits per heavy atom. The lowest BCUT2D eigenvalue weighted by Crippen LogP contribution is -2.37. The van der Waals surface area contributed by atoms with Gasteiger partial charge in [0.25, 0.3) is 0 Å². The molecule has 5 aromatic carbocycles. The number of anilines is 4. The molecular weight excluding hydrogens is 737 g/mol. The molecule has 6 aliphatic carbocycles. The van der Waals surface area contributed by atoms with Crippen LogP contribution < -0.4 is 9.80 Å². The van der Waals surface area contributed by atoms with Crippen LogP contribution in [0.3, 0.4) is 0 Å². The molecule has 1 spiro atoms. The van der Waals surface area contributed by atoms with Gasteiger partial charge < -0.3 is 9.80 Å². The molecule has 0 N–H and O–H groups in total. The molecular formula is C59H56N2. The molecule has 2 nitrogen and oxygen atoms in total. The number of hydrogen-bond acceptors (Lipinski definition) is 2. The van der Waals surface area contributed by atoms with Crippen molar-refractivity contribution in [1.82, 2.24) is 0 Å². The molecule has 0 aliphatic heterocycles. The van der Waals surface area contributed by atoms with Gasteiger partial charge in [-0.1, -0.05) is 158 Å². The first-order valence-electron chi connectivity index (χ1n) is 22.3. The molecule has 5 unspecified atom stereocenters. The molecule has 0 radical (unpaired) electrons. The lowest BCUT2D eigenvalue weighted by Gasteiger charge is -2.41. The van der Waals surface area contributed by atoms with Gasteiger partial charge in [-0.05, 0) is 141 Å². The van der Waals surface area contributed by atoms with Crippen LogP contribution in [-0.4, -0.2) is 0 Å². The topological polar surface area (TPSA) is 6.48 Å². The van der Waals surface area contributed by atoms with E-state index in [-0.39, 0.29) is 21.7 Å². The molecule has 0 bridgehead atoms. The molecule has 5 atom stereocenters. The Morgan fingerprint density at radius 1 is 0.689 bits per heavy atom. The van der Waals surface area contributed by atoms with E-state index in [9.17, 15) is 0 Å². The zero-order chi connectivity index (χ0) is 42.1. The first kappa shape index (κ1) is 37.8. The highest BCUT2D eigenvalue weighted by atomic mass is 15.2. The van der Waals surface area contributed by atoms with E-state index >= 15 is 0 Å². The summed E-state index contributed by atoms with van der Waals surface area (Å²) in [6.45, 7) is 22.6. The second kappa shape index (κ2) is 12.9. The van der Waals surface area contributed by atoms with Crippen LogP contribution in [0.5, 0.6) is 0 Å². The predicted octanol–water partition coefficient (Wildman–Crippen LogP) is 15.1. The first-order valence-corrected chi connectivity index (χ1v) is 22.3. The van der Waals surface area contributed by atoms with Crippen LogP contribution in [0.15, 0.2) is 200 Å². The molecule has 302 valence electrons. The fourth-order valence-corrected chi connectivity index (χ4v) is 11.9. The monoisotopic (exact) mass is 792 g/mol. The standard InChI is InChI=1S/C59H56N2/c1-9-18-42(10-2)60(43-20-13-11-14-21-43)45-26-28-47-48-29-27-46(61(44-22-15-12-16-23-44)54-24-17-19-39-33-49(39)54)36-52(48)59(51(47)35-45)53-34-40(55(3,4)5)25-30-50(53)57-32-31-41(56(6,7)8)37-58(57,59)38-57/h9-32,34-37,39,49H,1-2,33,38H2,3-8H3/b42-18+. The Hall–Kier alpha value is -6.12.